The minimum Gasteiger partial charge on any atom is -0.374 e. The molecule has 0 amide bonds. The summed E-state index contributed by atoms with van der Waals surface area (Å²) in [6.07, 6.45) is -3.23. The van der Waals surface area contributed by atoms with E-state index in [0.29, 0.717) is 11.8 Å². The Balaban J connectivity index is 2.38. The van der Waals surface area contributed by atoms with Gasteiger partial charge in [-0.05, 0) is 13.8 Å². The number of H-pyrrole nitrogens is 1. The van der Waals surface area contributed by atoms with Crippen molar-refractivity contribution in [2.45, 2.75) is 43.8 Å². The van der Waals surface area contributed by atoms with Crippen molar-refractivity contribution >= 4 is 27.2 Å². The number of methoxy groups -OCH3 is 1. The van der Waals surface area contributed by atoms with Crippen molar-refractivity contribution in [3.8, 4) is 0 Å². The average Bonchev–Trinajstić information content (AvgIpc) is 2.87. The first kappa shape index (κ1) is 24.5. The number of nitrogens with zero attached hydrogens (tertiary/aromatic N) is 1. The van der Waals surface area contributed by atoms with E-state index in [-0.39, 0.29) is 0 Å². The fourth-order valence-electron chi connectivity index (χ4n) is 2.57. The van der Waals surface area contributed by atoms with Crippen molar-refractivity contribution in [3.63, 3.8) is 0 Å². The highest BCUT2D eigenvalue weighted by molar-refractivity contribution is 8.04. The lowest BCUT2D eigenvalue weighted by atomic mass is 10.2. The van der Waals surface area contributed by atoms with Crippen LogP contribution in [0.4, 0.5) is 0 Å². The summed E-state index contributed by atoms with van der Waals surface area (Å²) in [5, 5.41) is 0. The van der Waals surface area contributed by atoms with Crippen molar-refractivity contribution in [2.24, 2.45) is 0 Å². The first-order valence-corrected chi connectivity index (χ1v) is 12.5. The van der Waals surface area contributed by atoms with Gasteiger partial charge in [-0.25, -0.2) is 9.36 Å². The molecule has 1 aromatic rings. The van der Waals surface area contributed by atoms with E-state index in [0.717, 1.165) is 16.8 Å². The van der Waals surface area contributed by atoms with E-state index in [4.69, 9.17) is 28.3 Å². The van der Waals surface area contributed by atoms with Gasteiger partial charge in [0.2, 0.25) is 0 Å². The molecule has 3 unspecified atom stereocenters. The number of hydrogen-bond acceptors (Lipinski definition) is 9. The van der Waals surface area contributed by atoms with Crippen LogP contribution in [0.1, 0.15) is 20.1 Å². The molecule has 2 heterocycles. The predicted octanol–water partition coefficient (Wildman–Crippen LogP) is 0.185. The van der Waals surface area contributed by atoms with Crippen molar-refractivity contribution in [3.05, 3.63) is 33.1 Å². The maximum Gasteiger partial charge on any atom is 0.472 e. The zero-order chi connectivity index (χ0) is 22.0. The lowest BCUT2D eigenvalue weighted by molar-refractivity contribution is -0.0476. The Hall–Kier alpha value is -0.790. The average molecular weight is 476 g/mol. The number of phosphoric acid groups is 1. The molecule has 2 rings (SSSR count). The molecule has 4 N–H and O–H groups in total. The largest absolute Gasteiger partial charge is 0.472 e. The maximum absolute atomic E-state index is 12.3. The summed E-state index contributed by atoms with van der Waals surface area (Å²) in [6.45, 7) is 3.02. The third-order valence-electron chi connectivity index (χ3n) is 3.55. The topological polar surface area (TPSA) is 187 Å². The van der Waals surface area contributed by atoms with Gasteiger partial charge in [-0.1, -0.05) is 0 Å². The molecule has 0 bridgehead atoms. The standard InChI is InChI=1S/C13H22N2O11P2S/c1-7(2)25-28(21,22)26-10-9(23-3)11(15-5-4-8(16)14-13(15)17)24-12(10)29-6-27(18,19)20/h4-5,7,9-12H,6H2,1-3H3,(H,21,22)(H,14,16,17)(H2,18,19,20)/t9?,10?,11-,12-/m1/s1. The number of nitrogens with one attached hydrogen (secondary N) is 1. The molecule has 166 valence electrons. The number of thioether (sulfide) groups is 1. The van der Waals surface area contributed by atoms with Crippen LogP contribution in [0.2, 0.25) is 0 Å². The first-order chi connectivity index (χ1) is 13.3. The molecule has 5 atom stereocenters. The van der Waals surface area contributed by atoms with E-state index in [1.165, 1.54) is 21.0 Å². The van der Waals surface area contributed by atoms with Gasteiger partial charge in [-0.3, -0.25) is 28.0 Å². The van der Waals surface area contributed by atoms with Crippen LogP contribution in [0.3, 0.4) is 0 Å². The first-order valence-electron chi connectivity index (χ1n) is 8.18. The van der Waals surface area contributed by atoms with Crippen LogP contribution in [0.5, 0.6) is 0 Å². The van der Waals surface area contributed by atoms with Crippen LogP contribution in [-0.4, -0.2) is 60.6 Å². The second kappa shape index (κ2) is 9.56. The maximum atomic E-state index is 12.3. The third-order valence-corrected chi connectivity index (χ3v) is 7.40. The number of aromatic nitrogens is 2. The Labute approximate surface area is 169 Å². The van der Waals surface area contributed by atoms with E-state index in [1.54, 1.807) is 0 Å². The quantitative estimate of drug-likeness (QED) is 0.355. The number of ether oxygens (including phenoxy) is 2. The Morgan fingerprint density at radius 3 is 2.45 bits per heavy atom. The van der Waals surface area contributed by atoms with E-state index >= 15 is 0 Å². The molecule has 16 heteroatoms. The summed E-state index contributed by atoms with van der Waals surface area (Å²) in [6, 6.07) is 1.06. The van der Waals surface area contributed by atoms with Crippen molar-refractivity contribution in [1.82, 2.24) is 9.55 Å². The van der Waals surface area contributed by atoms with Gasteiger partial charge in [-0.15, -0.1) is 11.8 Å². The number of aromatic amines is 1. The Morgan fingerprint density at radius 1 is 1.28 bits per heavy atom. The molecule has 29 heavy (non-hydrogen) atoms. The van der Waals surface area contributed by atoms with Crippen molar-refractivity contribution in [1.29, 1.82) is 0 Å². The SMILES string of the molecule is COC1C(OP(=O)(O)OC(C)C)[C@@H](SCP(=O)(O)O)O[C@H]1n1ccc(=O)[nH]c1=O. The van der Waals surface area contributed by atoms with Crippen molar-refractivity contribution in [2.75, 3.05) is 12.6 Å². The molecule has 0 aliphatic carbocycles. The lowest BCUT2D eigenvalue weighted by Gasteiger charge is -2.25. The zero-order valence-corrected chi connectivity index (χ0v) is 18.2. The molecule has 1 fully saturated rings. The van der Waals surface area contributed by atoms with Crippen LogP contribution in [0.25, 0.3) is 0 Å². The molecule has 0 saturated carbocycles. The molecular weight excluding hydrogens is 454 g/mol. The monoisotopic (exact) mass is 476 g/mol. The Kier molecular flexibility index (Phi) is 8.07. The van der Waals surface area contributed by atoms with E-state index < -0.39 is 62.1 Å². The molecule has 1 saturated heterocycles. The molecule has 0 spiro atoms. The van der Waals surface area contributed by atoms with E-state index in [9.17, 15) is 23.6 Å². The summed E-state index contributed by atoms with van der Waals surface area (Å²) in [7, 11) is -7.82. The second-order valence-corrected chi connectivity index (χ2v) is 10.8. The van der Waals surface area contributed by atoms with Crippen LogP contribution in [0.15, 0.2) is 21.9 Å². The van der Waals surface area contributed by atoms with Crippen molar-refractivity contribution < 1.29 is 42.3 Å². The van der Waals surface area contributed by atoms with E-state index in [2.05, 4.69) is 0 Å². The van der Waals surface area contributed by atoms with Gasteiger partial charge in [0.1, 0.15) is 17.6 Å². The second-order valence-electron chi connectivity index (χ2n) is 6.27. The van der Waals surface area contributed by atoms with E-state index in [1.807, 2.05) is 4.98 Å². The van der Waals surface area contributed by atoms with Gasteiger partial charge >= 0.3 is 21.1 Å². The lowest BCUT2D eigenvalue weighted by Crippen LogP contribution is -2.39. The molecular formula is C13H22N2O11P2S. The highest BCUT2D eigenvalue weighted by atomic mass is 32.2. The predicted molar refractivity (Wildman–Crippen MR) is 101 cm³/mol. The normalized spacial score (nSPS) is 27.3. The summed E-state index contributed by atoms with van der Waals surface area (Å²) >= 11 is 0.620. The van der Waals surface area contributed by atoms with Crippen LogP contribution < -0.4 is 11.2 Å². The molecule has 1 aromatic heterocycles. The van der Waals surface area contributed by atoms with Crippen LogP contribution in [-0.2, 0) is 27.7 Å². The van der Waals surface area contributed by atoms with Crippen LogP contribution >= 0.6 is 27.2 Å². The summed E-state index contributed by atoms with van der Waals surface area (Å²) in [5.74, 6) is 0. The molecule has 0 radical (unpaired) electrons. The highest BCUT2D eigenvalue weighted by Gasteiger charge is 2.51. The number of hydrogen-bond donors (Lipinski definition) is 4. The third kappa shape index (κ3) is 6.86. The van der Waals surface area contributed by atoms with Gasteiger partial charge in [-0.2, -0.15) is 0 Å². The summed E-state index contributed by atoms with van der Waals surface area (Å²) in [5.41, 5.74) is -3.37. The molecule has 13 nitrogen and oxygen atoms in total. The number of phosphoric ester groups is 1. The smallest absolute Gasteiger partial charge is 0.374 e. The highest BCUT2D eigenvalue weighted by Crippen LogP contribution is 2.52. The summed E-state index contributed by atoms with van der Waals surface area (Å²) in [4.78, 5) is 53.7. The molecule has 0 aromatic carbocycles. The Bertz CT molecular complexity index is 913. The molecule has 1 aliphatic heterocycles. The zero-order valence-electron chi connectivity index (χ0n) is 15.6. The minimum atomic E-state index is -4.60. The van der Waals surface area contributed by atoms with Gasteiger partial charge < -0.3 is 24.2 Å². The molecule has 1 aliphatic rings. The van der Waals surface area contributed by atoms with Gasteiger partial charge in [0.05, 0.1) is 11.6 Å². The van der Waals surface area contributed by atoms with Gasteiger partial charge in [0, 0.05) is 19.4 Å². The van der Waals surface area contributed by atoms with Gasteiger partial charge in [0.15, 0.2) is 6.23 Å². The minimum absolute atomic E-state index is 0.620. The fourth-order valence-corrected chi connectivity index (χ4v) is 5.73. The summed E-state index contributed by atoms with van der Waals surface area (Å²) < 4.78 is 45.5. The number of rotatable bonds is 9. The van der Waals surface area contributed by atoms with Crippen LogP contribution in [0, 0.1) is 0 Å². The Morgan fingerprint density at radius 2 is 1.93 bits per heavy atom. The van der Waals surface area contributed by atoms with Gasteiger partial charge in [0.25, 0.3) is 5.56 Å². The fraction of sp³-hybridized carbons (Fsp3) is 0.692.